The van der Waals surface area contributed by atoms with Crippen LogP contribution < -0.4 is 0 Å². The molecule has 0 aliphatic heterocycles. The van der Waals surface area contributed by atoms with E-state index in [1.165, 1.54) is 6.26 Å². The molecule has 0 saturated carbocycles. The van der Waals surface area contributed by atoms with Crippen molar-refractivity contribution in [3.63, 3.8) is 0 Å². The Bertz CT molecular complexity index is 445. The van der Waals surface area contributed by atoms with Crippen molar-refractivity contribution in [3.05, 3.63) is 59.0 Å². The number of ketones is 1. The lowest BCUT2D eigenvalue weighted by molar-refractivity contribution is 0.103. The van der Waals surface area contributed by atoms with Gasteiger partial charge in [-0.05, 0) is 17.7 Å². The third kappa shape index (κ3) is 1.56. The monoisotopic (exact) mass is 206 g/mol. The van der Waals surface area contributed by atoms with Crippen molar-refractivity contribution in [2.75, 3.05) is 0 Å². The molecule has 70 valence electrons. The van der Waals surface area contributed by atoms with Gasteiger partial charge in [0.15, 0.2) is 5.78 Å². The summed E-state index contributed by atoms with van der Waals surface area (Å²) in [6.07, 6.45) is 1.40. The third-order valence-corrected chi connectivity index (χ3v) is 2.19. The van der Waals surface area contributed by atoms with Crippen molar-refractivity contribution >= 4 is 17.4 Å². The minimum Gasteiger partial charge on any atom is -0.452 e. The van der Waals surface area contributed by atoms with E-state index in [4.69, 9.17) is 16.0 Å². The topological polar surface area (TPSA) is 30.2 Å². The summed E-state index contributed by atoms with van der Waals surface area (Å²) in [6, 6.07) is 10.5. The van der Waals surface area contributed by atoms with Crippen LogP contribution in [-0.4, -0.2) is 5.78 Å². The van der Waals surface area contributed by atoms with Crippen molar-refractivity contribution in [2.24, 2.45) is 0 Å². The van der Waals surface area contributed by atoms with Crippen LogP contribution >= 0.6 is 11.6 Å². The largest absolute Gasteiger partial charge is 0.452 e. The molecular weight excluding hydrogens is 200 g/mol. The number of carbonyl (C=O) groups is 1. The predicted octanol–water partition coefficient (Wildman–Crippen LogP) is 3.16. The third-order valence-electron chi connectivity index (χ3n) is 1.90. The van der Waals surface area contributed by atoms with Crippen LogP contribution in [0.25, 0.3) is 0 Å². The number of hydrogen-bond donors (Lipinski definition) is 0. The highest BCUT2D eigenvalue weighted by atomic mass is 35.5. The number of furan rings is 1. The van der Waals surface area contributed by atoms with Gasteiger partial charge >= 0.3 is 0 Å². The summed E-state index contributed by atoms with van der Waals surface area (Å²) in [7, 11) is 0. The van der Waals surface area contributed by atoms with E-state index >= 15 is 0 Å². The van der Waals surface area contributed by atoms with E-state index in [-0.39, 0.29) is 11.0 Å². The summed E-state index contributed by atoms with van der Waals surface area (Å²) in [5.41, 5.74) is 1.01. The lowest BCUT2D eigenvalue weighted by atomic mass is 10.1. The number of carbonyl (C=O) groups excluding carboxylic acids is 1. The van der Waals surface area contributed by atoms with Gasteiger partial charge in [-0.1, -0.05) is 30.3 Å². The molecule has 0 N–H and O–H groups in total. The molecule has 3 heteroatoms. The molecule has 2 rings (SSSR count). The van der Waals surface area contributed by atoms with Gasteiger partial charge in [-0.3, -0.25) is 4.79 Å². The van der Waals surface area contributed by atoms with Crippen molar-refractivity contribution in [1.29, 1.82) is 0 Å². The maximum absolute atomic E-state index is 11.8. The fourth-order valence-corrected chi connectivity index (χ4v) is 1.40. The smallest absolute Gasteiger partial charge is 0.204 e. The Morgan fingerprint density at radius 1 is 1.14 bits per heavy atom. The summed E-state index contributed by atoms with van der Waals surface area (Å²) in [5.74, 6) is -0.121. The Morgan fingerprint density at radius 3 is 2.43 bits per heavy atom. The molecule has 2 nitrogen and oxygen atoms in total. The first kappa shape index (κ1) is 9.03. The Balaban J connectivity index is 2.39. The van der Waals surface area contributed by atoms with Crippen molar-refractivity contribution in [3.8, 4) is 0 Å². The Morgan fingerprint density at radius 2 is 1.86 bits per heavy atom. The van der Waals surface area contributed by atoms with E-state index in [1.54, 1.807) is 30.3 Å². The Hall–Kier alpha value is -1.54. The summed E-state index contributed by atoms with van der Waals surface area (Å²) >= 11 is 5.70. The number of benzene rings is 1. The lowest BCUT2D eigenvalue weighted by Gasteiger charge is -1.96. The van der Waals surface area contributed by atoms with Gasteiger partial charge in [-0.25, -0.2) is 0 Å². The molecule has 0 bridgehead atoms. The van der Waals surface area contributed by atoms with Gasteiger partial charge in [-0.15, -0.1) is 0 Å². The molecule has 0 radical (unpaired) electrons. The first-order valence-electron chi connectivity index (χ1n) is 4.12. The molecular formula is C11H7ClO2. The van der Waals surface area contributed by atoms with E-state index in [1.807, 2.05) is 6.07 Å². The minimum absolute atomic E-state index is 0.121. The molecule has 0 amide bonds. The second-order valence-corrected chi connectivity index (χ2v) is 3.15. The highest BCUT2D eigenvalue weighted by molar-refractivity contribution is 6.33. The van der Waals surface area contributed by atoms with Gasteiger partial charge in [0.2, 0.25) is 5.22 Å². The van der Waals surface area contributed by atoms with E-state index in [2.05, 4.69) is 0 Å². The lowest BCUT2D eigenvalue weighted by Crippen LogP contribution is -1.99. The van der Waals surface area contributed by atoms with E-state index in [0.29, 0.717) is 11.1 Å². The molecule has 0 saturated heterocycles. The second kappa shape index (κ2) is 3.68. The fraction of sp³-hybridized carbons (Fsp3) is 0. The van der Waals surface area contributed by atoms with Gasteiger partial charge in [0.05, 0.1) is 11.8 Å². The van der Waals surface area contributed by atoms with E-state index in [0.717, 1.165) is 0 Å². The van der Waals surface area contributed by atoms with E-state index in [9.17, 15) is 4.79 Å². The van der Waals surface area contributed by atoms with Gasteiger partial charge in [0, 0.05) is 5.56 Å². The summed E-state index contributed by atoms with van der Waals surface area (Å²) in [6.45, 7) is 0. The van der Waals surface area contributed by atoms with Gasteiger partial charge < -0.3 is 4.42 Å². The average Bonchev–Trinajstić information content (AvgIpc) is 2.65. The van der Waals surface area contributed by atoms with Crippen LogP contribution in [0.15, 0.2) is 47.1 Å². The normalized spacial score (nSPS) is 10.1. The van der Waals surface area contributed by atoms with Gasteiger partial charge in [0.25, 0.3) is 0 Å². The molecule has 1 aromatic heterocycles. The maximum atomic E-state index is 11.8. The second-order valence-electron chi connectivity index (χ2n) is 2.80. The number of hydrogen-bond acceptors (Lipinski definition) is 2. The molecule has 1 heterocycles. The van der Waals surface area contributed by atoms with Crippen molar-refractivity contribution < 1.29 is 9.21 Å². The summed E-state index contributed by atoms with van der Waals surface area (Å²) in [5, 5.41) is 0.138. The zero-order valence-electron chi connectivity index (χ0n) is 7.24. The number of rotatable bonds is 2. The predicted molar refractivity (Wildman–Crippen MR) is 53.6 cm³/mol. The summed E-state index contributed by atoms with van der Waals surface area (Å²) < 4.78 is 4.85. The zero-order valence-corrected chi connectivity index (χ0v) is 7.99. The number of halogens is 1. The molecule has 0 aliphatic rings. The van der Waals surface area contributed by atoms with E-state index < -0.39 is 0 Å². The van der Waals surface area contributed by atoms with Crippen LogP contribution in [0.2, 0.25) is 5.22 Å². The molecule has 14 heavy (non-hydrogen) atoms. The van der Waals surface area contributed by atoms with Crippen LogP contribution in [0.5, 0.6) is 0 Å². The Kier molecular flexibility index (Phi) is 2.37. The van der Waals surface area contributed by atoms with Crippen molar-refractivity contribution in [2.45, 2.75) is 0 Å². The zero-order chi connectivity index (χ0) is 9.97. The van der Waals surface area contributed by atoms with Crippen LogP contribution in [0.4, 0.5) is 0 Å². The maximum Gasteiger partial charge on any atom is 0.204 e. The first-order valence-corrected chi connectivity index (χ1v) is 4.49. The van der Waals surface area contributed by atoms with Crippen molar-refractivity contribution in [1.82, 2.24) is 0 Å². The highest BCUT2D eigenvalue weighted by Crippen LogP contribution is 2.20. The molecule has 1 aromatic carbocycles. The van der Waals surface area contributed by atoms with Crippen LogP contribution in [0.3, 0.4) is 0 Å². The average molecular weight is 207 g/mol. The quantitative estimate of drug-likeness (QED) is 0.707. The molecule has 0 atom stereocenters. The summed E-state index contributed by atoms with van der Waals surface area (Å²) in [4.78, 5) is 11.8. The van der Waals surface area contributed by atoms with Gasteiger partial charge in [0.1, 0.15) is 0 Å². The highest BCUT2D eigenvalue weighted by Gasteiger charge is 2.14. The molecule has 0 fully saturated rings. The SMILES string of the molecule is O=C(c1ccccc1)c1ccoc1Cl. The first-order chi connectivity index (χ1) is 6.79. The van der Waals surface area contributed by atoms with Crippen LogP contribution in [0.1, 0.15) is 15.9 Å². The van der Waals surface area contributed by atoms with Crippen LogP contribution in [0, 0.1) is 0 Å². The van der Waals surface area contributed by atoms with Crippen LogP contribution in [-0.2, 0) is 0 Å². The molecule has 0 spiro atoms. The standard InChI is InChI=1S/C11H7ClO2/c12-11-9(6-7-14-11)10(13)8-4-2-1-3-5-8/h1-7H. The van der Waals surface area contributed by atoms with Gasteiger partial charge in [-0.2, -0.15) is 0 Å². The molecule has 2 aromatic rings. The molecule has 0 unspecified atom stereocenters. The fourth-order valence-electron chi connectivity index (χ4n) is 1.20. The molecule has 0 aliphatic carbocycles. The Labute approximate surface area is 86.1 Å². The minimum atomic E-state index is -0.121.